The zero-order valence-corrected chi connectivity index (χ0v) is 17.8. The Morgan fingerprint density at radius 2 is 1.84 bits per heavy atom. The standard InChI is InChI=1S/C25H28N4O2/c1-3-15-30-24-13-5-4-10-21(24)18-29-25(26-2)28-17-20-9-8-12-23(16-20)31-19-22-11-6-7-14-27-22/h3-14,16H,1,15,17-19H2,2H3,(H2,26,28,29). The van der Waals surface area contributed by atoms with Crippen LogP contribution in [0, 0.1) is 0 Å². The summed E-state index contributed by atoms with van der Waals surface area (Å²) in [6, 6.07) is 21.7. The van der Waals surface area contributed by atoms with E-state index in [-0.39, 0.29) is 0 Å². The Kier molecular flexibility index (Phi) is 8.49. The molecule has 2 N–H and O–H groups in total. The molecule has 1 heterocycles. The van der Waals surface area contributed by atoms with Crippen molar-refractivity contribution >= 4 is 5.96 Å². The largest absolute Gasteiger partial charge is 0.489 e. The van der Waals surface area contributed by atoms with E-state index in [1.54, 1.807) is 19.3 Å². The summed E-state index contributed by atoms with van der Waals surface area (Å²) < 4.78 is 11.6. The summed E-state index contributed by atoms with van der Waals surface area (Å²) in [7, 11) is 1.75. The number of pyridine rings is 1. The lowest BCUT2D eigenvalue weighted by atomic mass is 10.2. The average molecular weight is 417 g/mol. The third-order valence-corrected chi connectivity index (χ3v) is 4.47. The maximum absolute atomic E-state index is 5.86. The highest BCUT2D eigenvalue weighted by atomic mass is 16.5. The van der Waals surface area contributed by atoms with Gasteiger partial charge in [0.2, 0.25) is 0 Å². The van der Waals surface area contributed by atoms with Crippen molar-refractivity contribution in [3.8, 4) is 11.5 Å². The van der Waals surface area contributed by atoms with E-state index in [0.717, 1.165) is 28.3 Å². The second-order valence-corrected chi connectivity index (χ2v) is 6.74. The van der Waals surface area contributed by atoms with Gasteiger partial charge in [-0.15, -0.1) is 0 Å². The summed E-state index contributed by atoms with van der Waals surface area (Å²) in [6.45, 7) is 5.83. The number of benzene rings is 2. The van der Waals surface area contributed by atoms with Crippen molar-refractivity contribution < 1.29 is 9.47 Å². The van der Waals surface area contributed by atoms with Crippen molar-refractivity contribution in [2.45, 2.75) is 19.7 Å². The summed E-state index contributed by atoms with van der Waals surface area (Å²) >= 11 is 0. The Balaban J connectivity index is 1.51. The third kappa shape index (κ3) is 7.19. The average Bonchev–Trinajstić information content (AvgIpc) is 2.83. The molecule has 0 radical (unpaired) electrons. The highest BCUT2D eigenvalue weighted by Crippen LogP contribution is 2.18. The molecule has 0 amide bonds. The number of guanidine groups is 1. The van der Waals surface area contributed by atoms with Gasteiger partial charge in [0, 0.05) is 31.9 Å². The second kappa shape index (κ2) is 12.0. The quantitative estimate of drug-likeness (QED) is 0.296. The van der Waals surface area contributed by atoms with Crippen LogP contribution >= 0.6 is 0 Å². The van der Waals surface area contributed by atoms with Crippen molar-refractivity contribution in [2.24, 2.45) is 4.99 Å². The zero-order chi connectivity index (χ0) is 21.7. The van der Waals surface area contributed by atoms with Crippen LogP contribution in [0.3, 0.4) is 0 Å². The van der Waals surface area contributed by atoms with Crippen molar-refractivity contribution in [1.29, 1.82) is 0 Å². The summed E-state index contributed by atoms with van der Waals surface area (Å²) in [4.78, 5) is 8.59. The minimum atomic E-state index is 0.439. The van der Waals surface area contributed by atoms with Crippen LogP contribution in [-0.4, -0.2) is 24.6 Å². The number of hydrogen-bond acceptors (Lipinski definition) is 4. The van der Waals surface area contributed by atoms with Crippen LogP contribution in [0.25, 0.3) is 0 Å². The van der Waals surface area contributed by atoms with Gasteiger partial charge in [0.1, 0.15) is 24.7 Å². The number of nitrogens with one attached hydrogen (secondary N) is 2. The number of ether oxygens (including phenoxy) is 2. The number of aromatic nitrogens is 1. The second-order valence-electron chi connectivity index (χ2n) is 6.74. The van der Waals surface area contributed by atoms with Crippen molar-refractivity contribution in [3.63, 3.8) is 0 Å². The number of nitrogens with zero attached hydrogens (tertiary/aromatic N) is 2. The van der Waals surface area contributed by atoms with Gasteiger partial charge in [0.25, 0.3) is 0 Å². The predicted molar refractivity (Wildman–Crippen MR) is 124 cm³/mol. The monoisotopic (exact) mass is 416 g/mol. The molecule has 31 heavy (non-hydrogen) atoms. The molecule has 0 unspecified atom stereocenters. The highest BCUT2D eigenvalue weighted by Gasteiger charge is 2.05. The topological polar surface area (TPSA) is 67.8 Å². The van der Waals surface area contributed by atoms with Gasteiger partial charge in [0.15, 0.2) is 5.96 Å². The molecule has 0 saturated heterocycles. The van der Waals surface area contributed by atoms with E-state index in [2.05, 4.69) is 27.2 Å². The van der Waals surface area contributed by atoms with E-state index in [4.69, 9.17) is 9.47 Å². The van der Waals surface area contributed by atoms with Gasteiger partial charge in [-0.05, 0) is 35.9 Å². The van der Waals surface area contributed by atoms with E-state index >= 15 is 0 Å². The number of para-hydroxylation sites is 1. The third-order valence-electron chi connectivity index (χ3n) is 4.47. The van der Waals surface area contributed by atoms with Gasteiger partial charge in [-0.25, -0.2) is 0 Å². The van der Waals surface area contributed by atoms with Crippen LogP contribution in [0.1, 0.15) is 16.8 Å². The lowest BCUT2D eigenvalue weighted by molar-refractivity contribution is 0.301. The number of aliphatic imine (C=N–C) groups is 1. The molecule has 0 aliphatic heterocycles. The normalized spacial score (nSPS) is 10.9. The molecule has 1 aromatic heterocycles. The van der Waals surface area contributed by atoms with Crippen LogP contribution in [0.15, 0.2) is 90.6 Å². The summed E-state index contributed by atoms with van der Waals surface area (Å²) in [5.74, 6) is 2.35. The highest BCUT2D eigenvalue weighted by molar-refractivity contribution is 5.79. The first-order valence-electron chi connectivity index (χ1n) is 10.2. The Bertz CT molecular complexity index is 990. The lowest BCUT2D eigenvalue weighted by Gasteiger charge is -2.15. The molecular formula is C25H28N4O2. The first kappa shape index (κ1) is 21.9. The Hall–Kier alpha value is -3.80. The van der Waals surface area contributed by atoms with E-state index < -0.39 is 0 Å². The van der Waals surface area contributed by atoms with Crippen LogP contribution in [0.4, 0.5) is 0 Å². The molecule has 3 aromatic rings. The molecule has 6 nitrogen and oxygen atoms in total. The Morgan fingerprint density at radius 3 is 2.65 bits per heavy atom. The van der Waals surface area contributed by atoms with Gasteiger partial charge in [-0.2, -0.15) is 0 Å². The van der Waals surface area contributed by atoms with Crippen LogP contribution in [0.5, 0.6) is 11.5 Å². The fourth-order valence-electron chi connectivity index (χ4n) is 2.91. The predicted octanol–water partition coefficient (Wildman–Crippen LogP) is 4.09. The van der Waals surface area contributed by atoms with Crippen LogP contribution < -0.4 is 20.1 Å². The molecule has 0 saturated carbocycles. The number of hydrogen-bond donors (Lipinski definition) is 2. The fourth-order valence-corrected chi connectivity index (χ4v) is 2.91. The molecular weight excluding hydrogens is 388 g/mol. The summed E-state index contributed by atoms with van der Waals surface area (Å²) in [5.41, 5.74) is 3.04. The summed E-state index contributed by atoms with van der Waals surface area (Å²) in [6.07, 6.45) is 3.50. The van der Waals surface area contributed by atoms with Gasteiger partial charge >= 0.3 is 0 Å². The minimum Gasteiger partial charge on any atom is -0.489 e. The maximum Gasteiger partial charge on any atom is 0.191 e. The van der Waals surface area contributed by atoms with E-state index in [1.807, 2.05) is 66.7 Å². The van der Waals surface area contributed by atoms with Crippen molar-refractivity contribution in [3.05, 3.63) is 102 Å². The van der Waals surface area contributed by atoms with Crippen molar-refractivity contribution in [2.75, 3.05) is 13.7 Å². The maximum atomic E-state index is 5.86. The lowest BCUT2D eigenvalue weighted by Crippen LogP contribution is -2.36. The Labute approximate surface area is 183 Å². The molecule has 0 aliphatic rings. The fraction of sp³-hybridized carbons (Fsp3) is 0.200. The molecule has 0 fully saturated rings. The smallest absolute Gasteiger partial charge is 0.191 e. The molecule has 0 aliphatic carbocycles. The van der Waals surface area contributed by atoms with Gasteiger partial charge < -0.3 is 20.1 Å². The molecule has 160 valence electrons. The molecule has 6 heteroatoms. The first-order chi connectivity index (χ1) is 15.3. The SMILES string of the molecule is C=CCOc1ccccc1CNC(=NC)NCc1cccc(OCc2ccccn2)c1. The van der Waals surface area contributed by atoms with Gasteiger partial charge in [-0.3, -0.25) is 9.98 Å². The Morgan fingerprint density at radius 1 is 1.00 bits per heavy atom. The van der Waals surface area contributed by atoms with Gasteiger partial charge in [0.05, 0.1) is 5.69 Å². The van der Waals surface area contributed by atoms with Crippen molar-refractivity contribution in [1.82, 2.24) is 15.6 Å². The van der Waals surface area contributed by atoms with Crippen LogP contribution in [0.2, 0.25) is 0 Å². The zero-order valence-electron chi connectivity index (χ0n) is 17.8. The molecule has 3 rings (SSSR count). The summed E-state index contributed by atoms with van der Waals surface area (Å²) in [5, 5.41) is 6.66. The molecule has 0 spiro atoms. The first-order valence-corrected chi connectivity index (χ1v) is 10.2. The van der Waals surface area contributed by atoms with E-state index in [9.17, 15) is 0 Å². The van der Waals surface area contributed by atoms with E-state index in [1.165, 1.54) is 0 Å². The molecule has 0 atom stereocenters. The van der Waals surface area contributed by atoms with E-state index in [0.29, 0.717) is 32.3 Å². The molecule has 2 aromatic carbocycles. The van der Waals surface area contributed by atoms with Crippen LogP contribution in [-0.2, 0) is 19.7 Å². The molecule has 0 bridgehead atoms. The number of rotatable bonds is 10. The minimum absolute atomic E-state index is 0.439. The van der Waals surface area contributed by atoms with Gasteiger partial charge in [-0.1, -0.05) is 49.1 Å².